The number of nitrogens with zero attached hydrogens (tertiary/aromatic N) is 1. The predicted octanol–water partition coefficient (Wildman–Crippen LogP) is 7.53. The molecule has 0 unspecified atom stereocenters. The van der Waals surface area contributed by atoms with Gasteiger partial charge in [-0.2, -0.15) is 0 Å². The Labute approximate surface area is 248 Å². The highest BCUT2D eigenvalue weighted by molar-refractivity contribution is 5.85. The summed E-state index contributed by atoms with van der Waals surface area (Å²) in [5, 5.41) is 9.10. The lowest BCUT2D eigenvalue weighted by atomic mass is 9.90. The molecule has 216 valence electrons. The largest absolute Gasteiger partial charge is 0.494 e. The summed E-state index contributed by atoms with van der Waals surface area (Å²) < 4.78 is 24.0. The van der Waals surface area contributed by atoms with E-state index in [2.05, 4.69) is 60.4 Å². The molecule has 4 aromatic rings. The molecule has 4 rings (SSSR count). The summed E-state index contributed by atoms with van der Waals surface area (Å²) in [6, 6.07) is 36.0. The Kier molecular flexibility index (Phi) is 12.7. The van der Waals surface area contributed by atoms with Gasteiger partial charge in [-0.25, -0.2) is 4.39 Å². The first kappa shape index (κ1) is 31.7. The number of hydrogen-bond donors (Lipinski definition) is 1. The van der Waals surface area contributed by atoms with Crippen LogP contribution in [0.3, 0.4) is 0 Å². The summed E-state index contributed by atoms with van der Waals surface area (Å²) in [5.74, 6) is 0.470. The molecule has 0 spiro atoms. The second kappa shape index (κ2) is 16.4. The Balaban J connectivity index is 0.00000462. The Morgan fingerprint density at radius 2 is 1.37 bits per heavy atom. The quantitative estimate of drug-likeness (QED) is 0.158. The first-order chi connectivity index (χ1) is 19.5. The number of carbonyl (C=O) groups is 1. The van der Waals surface area contributed by atoms with Crippen molar-refractivity contribution in [2.45, 2.75) is 38.3 Å². The highest BCUT2D eigenvalue weighted by Crippen LogP contribution is 2.28. The Morgan fingerprint density at radius 3 is 1.95 bits per heavy atom. The molecule has 4 aromatic carbocycles. The van der Waals surface area contributed by atoms with Crippen molar-refractivity contribution in [1.29, 1.82) is 0 Å². The molecule has 41 heavy (non-hydrogen) atoms. The zero-order chi connectivity index (χ0) is 28.2. The molecule has 0 amide bonds. The Bertz CT molecular complexity index is 1300. The fraction of sp³-hybridized carbons (Fsp3) is 0.265. The number of alkyl halides is 1. The SMILES string of the molecule is C[C@H](CCOc1cccc(CC(=O)O)c1)N(Cc1cccc(OCF)c1)CC(c1ccccc1)c1ccccc1.Cl. The molecule has 5 nitrogen and oxygen atoms in total. The molecule has 0 fully saturated rings. The van der Waals surface area contributed by atoms with E-state index in [1.165, 1.54) is 11.1 Å². The second-order valence-electron chi connectivity index (χ2n) is 9.91. The number of hydrogen-bond acceptors (Lipinski definition) is 4. The average molecular weight is 578 g/mol. The van der Waals surface area contributed by atoms with E-state index >= 15 is 0 Å². The monoisotopic (exact) mass is 577 g/mol. The molecule has 0 saturated carbocycles. The van der Waals surface area contributed by atoms with Crippen LogP contribution in [0.15, 0.2) is 109 Å². The summed E-state index contributed by atoms with van der Waals surface area (Å²) in [4.78, 5) is 13.5. The molecular weight excluding hydrogens is 541 g/mol. The minimum atomic E-state index is -0.867. The van der Waals surface area contributed by atoms with Crippen molar-refractivity contribution >= 4 is 18.4 Å². The van der Waals surface area contributed by atoms with Gasteiger partial charge < -0.3 is 14.6 Å². The molecule has 0 aliphatic heterocycles. The number of ether oxygens (including phenoxy) is 2. The molecule has 0 saturated heterocycles. The van der Waals surface area contributed by atoms with Crippen LogP contribution in [0.4, 0.5) is 4.39 Å². The number of carboxylic acid groups (broad SMARTS) is 1. The van der Waals surface area contributed by atoms with Crippen molar-refractivity contribution in [3.05, 3.63) is 131 Å². The van der Waals surface area contributed by atoms with Crippen LogP contribution >= 0.6 is 12.4 Å². The van der Waals surface area contributed by atoms with E-state index in [4.69, 9.17) is 14.6 Å². The number of halogens is 2. The van der Waals surface area contributed by atoms with Crippen LogP contribution in [0.25, 0.3) is 0 Å². The molecule has 0 aliphatic carbocycles. The topological polar surface area (TPSA) is 59.0 Å². The van der Waals surface area contributed by atoms with Crippen molar-refractivity contribution in [2.24, 2.45) is 0 Å². The van der Waals surface area contributed by atoms with Gasteiger partial charge >= 0.3 is 5.97 Å². The molecular formula is C34H37ClFNO4. The normalized spacial score (nSPS) is 11.6. The van der Waals surface area contributed by atoms with Gasteiger partial charge in [-0.15, -0.1) is 12.4 Å². The van der Waals surface area contributed by atoms with E-state index in [1.807, 2.05) is 42.5 Å². The van der Waals surface area contributed by atoms with E-state index in [9.17, 15) is 9.18 Å². The van der Waals surface area contributed by atoms with E-state index in [0.717, 1.165) is 18.5 Å². The lowest BCUT2D eigenvalue weighted by Gasteiger charge is -2.33. The van der Waals surface area contributed by atoms with Crippen LogP contribution in [-0.2, 0) is 17.8 Å². The van der Waals surface area contributed by atoms with Gasteiger partial charge in [0.15, 0.2) is 0 Å². The maximum atomic E-state index is 12.8. The number of rotatable bonds is 15. The van der Waals surface area contributed by atoms with Crippen LogP contribution in [-0.4, -0.2) is 42.0 Å². The van der Waals surface area contributed by atoms with E-state index in [0.29, 0.717) is 30.2 Å². The van der Waals surface area contributed by atoms with Crippen molar-refractivity contribution in [3.63, 3.8) is 0 Å². The molecule has 0 bridgehead atoms. The van der Waals surface area contributed by atoms with Crippen LogP contribution < -0.4 is 9.47 Å². The molecule has 1 atom stereocenters. The fourth-order valence-corrected chi connectivity index (χ4v) is 4.89. The second-order valence-corrected chi connectivity index (χ2v) is 9.91. The maximum absolute atomic E-state index is 12.8. The number of benzene rings is 4. The van der Waals surface area contributed by atoms with Gasteiger partial charge in [0.25, 0.3) is 0 Å². The number of aliphatic carboxylic acids is 1. The smallest absolute Gasteiger partial charge is 0.307 e. The molecule has 0 aromatic heterocycles. The average Bonchev–Trinajstić information content (AvgIpc) is 2.96. The van der Waals surface area contributed by atoms with Gasteiger partial charge in [0.2, 0.25) is 6.86 Å². The number of carboxylic acids is 1. The summed E-state index contributed by atoms with van der Waals surface area (Å²) in [6.45, 7) is 3.25. The standard InChI is InChI=1S/C34H36FNO4.ClH/c1-26(18-19-39-31-16-8-10-27(20-31)22-34(37)38)36(23-28-11-9-17-32(21-28)40-25-35)24-33(29-12-4-2-5-13-29)30-14-6-3-7-15-30;/h2-17,20-21,26,33H,18-19,22-25H2,1H3,(H,37,38);1H/t26-;/m1./s1. The van der Waals surface area contributed by atoms with Gasteiger partial charge in [0.05, 0.1) is 13.0 Å². The Hall–Kier alpha value is -3.87. The molecule has 1 N–H and O–H groups in total. The van der Waals surface area contributed by atoms with Crippen LogP contribution in [0.1, 0.15) is 41.5 Å². The summed E-state index contributed by atoms with van der Waals surface area (Å²) in [5.41, 5.74) is 4.24. The van der Waals surface area contributed by atoms with Crippen molar-refractivity contribution in [3.8, 4) is 11.5 Å². The van der Waals surface area contributed by atoms with Crippen molar-refractivity contribution in [1.82, 2.24) is 4.90 Å². The fourth-order valence-electron chi connectivity index (χ4n) is 4.89. The zero-order valence-electron chi connectivity index (χ0n) is 23.2. The van der Waals surface area contributed by atoms with Gasteiger partial charge in [0.1, 0.15) is 11.5 Å². The van der Waals surface area contributed by atoms with Gasteiger partial charge in [-0.05, 0) is 59.9 Å². The van der Waals surface area contributed by atoms with Crippen LogP contribution in [0.5, 0.6) is 11.5 Å². The first-order valence-corrected chi connectivity index (χ1v) is 13.6. The minimum absolute atomic E-state index is 0. The van der Waals surface area contributed by atoms with Gasteiger partial charge in [-0.1, -0.05) is 84.9 Å². The maximum Gasteiger partial charge on any atom is 0.307 e. The summed E-state index contributed by atoms with van der Waals surface area (Å²) >= 11 is 0. The molecule has 0 radical (unpaired) electrons. The molecule has 0 heterocycles. The lowest BCUT2D eigenvalue weighted by Crippen LogP contribution is -2.37. The van der Waals surface area contributed by atoms with Crippen molar-refractivity contribution < 1.29 is 23.8 Å². The Morgan fingerprint density at radius 1 is 0.805 bits per heavy atom. The van der Waals surface area contributed by atoms with Crippen LogP contribution in [0.2, 0.25) is 0 Å². The predicted molar refractivity (Wildman–Crippen MR) is 163 cm³/mol. The minimum Gasteiger partial charge on any atom is -0.494 e. The third-order valence-electron chi connectivity index (χ3n) is 7.01. The molecule has 0 aliphatic rings. The summed E-state index contributed by atoms with van der Waals surface area (Å²) in [6.07, 6.45) is 0.729. The highest BCUT2D eigenvalue weighted by atomic mass is 35.5. The highest BCUT2D eigenvalue weighted by Gasteiger charge is 2.22. The molecule has 7 heteroatoms. The van der Waals surface area contributed by atoms with E-state index in [1.54, 1.807) is 18.2 Å². The van der Waals surface area contributed by atoms with E-state index in [-0.39, 0.29) is 30.8 Å². The third kappa shape index (κ3) is 9.92. The lowest BCUT2D eigenvalue weighted by molar-refractivity contribution is -0.136. The van der Waals surface area contributed by atoms with Gasteiger partial charge in [-0.3, -0.25) is 9.69 Å². The zero-order valence-corrected chi connectivity index (χ0v) is 24.0. The van der Waals surface area contributed by atoms with E-state index < -0.39 is 12.8 Å². The van der Waals surface area contributed by atoms with Crippen LogP contribution in [0, 0.1) is 0 Å². The van der Waals surface area contributed by atoms with Crippen molar-refractivity contribution in [2.75, 3.05) is 20.0 Å². The first-order valence-electron chi connectivity index (χ1n) is 13.6. The van der Waals surface area contributed by atoms with Gasteiger partial charge in [0, 0.05) is 25.0 Å². The third-order valence-corrected chi connectivity index (χ3v) is 7.01. The summed E-state index contributed by atoms with van der Waals surface area (Å²) in [7, 11) is 0.